The van der Waals surface area contributed by atoms with Gasteiger partial charge in [0, 0.05) is 28.3 Å². The first kappa shape index (κ1) is 12.5. The predicted octanol–water partition coefficient (Wildman–Crippen LogP) is 2.40. The number of nitrogens with one attached hydrogen (secondary N) is 1. The molecule has 1 aromatic carbocycles. The Kier molecular flexibility index (Phi) is 3.45. The molecule has 1 aliphatic rings. The first-order chi connectivity index (χ1) is 8.00. The summed E-state index contributed by atoms with van der Waals surface area (Å²) in [7, 11) is 0. The topological polar surface area (TPSA) is 55.1 Å². The number of fused-ring (bicyclic) bond motifs is 1. The van der Waals surface area contributed by atoms with Gasteiger partial charge < -0.3 is 11.1 Å². The second-order valence-corrected chi connectivity index (χ2v) is 6.71. The summed E-state index contributed by atoms with van der Waals surface area (Å²) in [4.78, 5) is 12.5. The number of aryl methyl sites for hydroxylation is 1. The van der Waals surface area contributed by atoms with Crippen LogP contribution in [0.1, 0.15) is 25.8 Å². The highest BCUT2D eigenvalue weighted by atomic mass is 32.2. The molecule has 0 unspecified atom stereocenters. The Morgan fingerprint density at radius 3 is 2.88 bits per heavy atom. The minimum atomic E-state index is 0.0478. The number of hydrogen-bond acceptors (Lipinski definition) is 3. The van der Waals surface area contributed by atoms with Crippen LogP contribution in [0.3, 0.4) is 0 Å². The van der Waals surface area contributed by atoms with Crippen molar-refractivity contribution in [3.63, 3.8) is 0 Å². The molecule has 1 amide bonds. The van der Waals surface area contributed by atoms with Gasteiger partial charge >= 0.3 is 0 Å². The van der Waals surface area contributed by atoms with Crippen LogP contribution in [0, 0.1) is 0 Å². The largest absolute Gasteiger partial charge is 0.329 e. The van der Waals surface area contributed by atoms with Crippen molar-refractivity contribution >= 4 is 23.4 Å². The predicted molar refractivity (Wildman–Crippen MR) is 72.4 cm³/mol. The van der Waals surface area contributed by atoms with Gasteiger partial charge in [0.2, 0.25) is 5.91 Å². The second kappa shape index (κ2) is 4.70. The van der Waals surface area contributed by atoms with E-state index in [1.165, 1.54) is 10.5 Å². The van der Waals surface area contributed by atoms with Gasteiger partial charge in [-0.3, -0.25) is 4.79 Å². The summed E-state index contributed by atoms with van der Waals surface area (Å²) < 4.78 is 0.0478. The summed E-state index contributed by atoms with van der Waals surface area (Å²) in [5.74, 6) is 0.111. The van der Waals surface area contributed by atoms with Crippen LogP contribution in [0.4, 0.5) is 5.69 Å². The average Bonchev–Trinajstić information content (AvgIpc) is 2.29. The number of thioether (sulfide) groups is 1. The summed E-state index contributed by atoms with van der Waals surface area (Å²) >= 11 is 1.78. The van der Waals surface area contributed by atoms with Gasteiger partial charge in [0.05, 0.1) is 0 Å². The third kappa shape index (κ3) is 3.01. The van der Waals surface area contributed by atoms with Crippen LogP contribution in [0.25, 0.3) is 0 Å². The highest BCUT2D eigenvalue weighted by Crippen LogP contribution is 2.34. The summed E-state index contributed by atoms with van der Waals surface area (Å²) in [5.41, 5.74) is 7.91. The van der Waals surface area contributed by atoms with Crippen LogP contribution in [0.15, 0.2) is 23.1 Å². The van der Waals surface area contributed by atoms with Crippen molar-refractivity contribution in [3.8, 4) is 0 Å². The fourth-order valence-corrected chi connectivity index (χ4v) is 2.84. The van der Waals surface area contributed by atoms with Crippen molar-refractivity contribution in [3.05, 3.63) is 23.8 Å². The molecular formula is C13H18N2OS. The molecule has 0 fully saturated rings. The van der Waals surface area contributed by atoms with Crippen LogP contribution in [-0.4, -0.2) is 17.2 Å². The molecule has 17 heavy (non-hydrogen) atoms. The molecule has 0 radical (unpaired) electrons. The highest BCUT2D eigenvalue weighted by Gasteiger charge is 2.19. The summed E-state index contributed by atoms with van der Waals surface area (Å²) in [5, 5.41) is 2.89. The Morgan fingerprint density at radius 1 is 1.41 bits per heavy atom. The molecule has 3 nitrogen and oxygen atoms in total. The average molecular weight is 250 g/mol. The lowest BCUT2D eigenvalue weighted by molar-refractivity contribution is -0.116. The molecule has 3 N–H and O–H groups in total. The Labute approximate surface area is 106 Å². The zero-order valence-corrected chi connectivity index (χ0v) is 11.1. The van der Waals surface area contributed by atoms with Crippen molar-refractivity contribution in [2.45, 2.75) is 36.3 Å². The third-order valence-corrected chi connectivity index (χ3v) is 4.07. The Morgan fingerprint density at radius 2 is 2.18 bits per heavy atom. The van der Waals surface area contributed by atoms with E-state index in [-0.39, 0.29) is 10.7 Å². The minimum absolute atomic E-state index is 0.0478. The molecule has 0 aliphatic carbocycles. The van der Waals surface area contributed by atoms with Gasteiger partial charge in [0.15, 0.2) is 0 Å². The number of anilines is 1. The van der Waals surface area contributed by atoms with Gasteiger partial charge in [0.25, 0.3) is 0 Å². The first-order valence-electron chi connectivity index (χ1n) is 5.82. The van der Waals surface area contributed by atoms with Crippen LogP contribution >= 0.6 is 11.8 Å². The van der Waals surface area contributed by atoms with E-state index >= 15 is 0 Å². The van der Waals surface area contributed by atoms with Gasteiger partial charge in [-0.05, 0) is 44.0 Å². The SMILES string of the molecule is CC(C)(CN)Sc1ccc2c(c1)CCC(=O)N2. The van der Waals surface area contributed by atoms with E-state index in [4.69, 9.17) is 5.73 Å². The molecule has 4 heteroatoms. The monoisotopic (exact) mass is 250 g/mol. The number of benzene rings is 1. The maximum Gasteiger partial charge on any atom is 0.224 e. The quantitative estimate of drug-likeness (QED) is 0.810. The molecular weight excluding hydrogens is 232 g/mol. The number of nitrogens with two attached hydrogens (primary N) is 1. The molecule has 0 bridgehead atoms. The molecule has 0 saturated carbocycles. The molecule has 2 rings (SSSR count). The van der Waals surface area contributed by atoms with Crippen molar-refractivity contribution < 1.29 is 4.79 Å². The van der Waals surface area contributed by atoms with E-state index in [0.29, 0.717) is 13.0 Å². The summed E-state index contributed by atoms with van der Waals surface area (Å²) in [6, 6.07) is 6.20. The molecule has 0 spiro atoms. The molecule has 92 valence electrons. The first-order valence-corrected chi connectivity index (χ1v) is 6.64. The Balaban J connectivity index is 2.19. The van der Waals surface area contributed by atoms with Crippen molar-refractivity contribution in [2.24, 2.45) is 5.73 Å². The van der Waals surface area contributed by atoms with E-state index < -0.39 is 0 Å². The molecule has 0 aromatic heterocycles. The van der Waals surface area contributed by atoms with Crippen LogP contribution in [-0.2, 0) is 11.2 Å². The Bertz CT molecular complexity index is 443. The standard InChI is InChI=1S/C13H18N2OS/c1-13(2,8-14)17-10-4-5-11-9(7-10)3-6-12(16)15-11/h4-5,7H,3,6,8,14H2,1-2H3,(H,15,16). The zero-order chi connectivity index (χ0) is 12.5. The molecule has 1 aliphatic heterocycles. The maximum atomic E-state index is 11.3. The van der Waals surface area contributed by atoms with E-state index in [9.17, 15) is 4.79 Å². The smallest absolute Gasteiger partial charge is 0.224 e. The fourth-order valence-electron chi connectivity index (χ4n) is 1.78. The minimum Gasteiger partial charge on any atom is -0.329 e. The number of rotatable bonds is 3. The summed E-state index contributed by atoms with van der Waals surface area (Å²) in [6.07, 6.45) is 1.42. The maximum absolute atomic E-state index is 11.3. The lowest BCUT2D eigenvalue weighted by atomic mass is 10.0. The van der Waals surface area contributed by atoms with Crippen LogP contribution in [0.2, 0.25) is 0 Å². The van der Waals surface area contributed by atoms with Crippen LogP contribution < -0.4 is 11.1 Å². The fraction of sp³-hybridized carbons (Fsp3) is 0.462. The van der Waals surface area contributed by atoms with Crippen molar-refractivity contribution in [1.29, 1.82) is 0 Å². The number of hydrogen-bond donors (Lipinski definition) is 2. The van der Waals surface area contributed by atoms with Gasteiger partial charge in [-0.1, -0.05) is 0 Å². The second-order valence-electron chi connectivity index (χ2n) is 4.93. The zero-order valence-electron chi connectivity index (χ0n) is 10.2. The van der Waals surface area contributed by atoms with Gasteiger partial charge in [-0.15, -0.1) is 11.8 Å². The lowest BCUT2D eigenvalue weighted by Gasteiger charge is -2.23. The van der Waals surface area contributed by atoms with Crippen LogP contribution in [0.5, 0.6) is 0 Å². The number of carbonyl (C=O) groups is 1. The molecule has 1 aromatic rings. The lowest BCUT2D eigenvalue weighted by Crippen LogP contribution is -2.26. The van der Waals surface area contributed by atoms with E-state index in [1.807, 2.05) is 12.1 Å². The highest BCUT2D eigenvalue weighted by molar-refractivity contribution is 8.00. The van der Waals surface area contributed by atoms with E-state index in [0.717, 1.165) is 12.1 Å². The summed E-state index contributed by atoms with van der Waals surface area (Å²) in [6.45, 7) is 4.92. The van der Waals surface area contributed by atoms with Gasteiger partial charge in [-0.25, -0.2) is 0 Å². The normalized spacial score (nSPS) is 15.4. The third-order valence-electron chi connectivity index (χ3n) is 2.86. The van der Waals surface area contributed by atoms with Crippen molar-refractivity contribution in [2.75, 3.05) is 11.9 Å². The molecule has 0 atom stereocenters. The number of amides is 1. The van der Waals surface area contributed by atoms with Crippen molar-refractivity contribution in [1.82, 2.24) is 0 Å². The van der Waals surface area contributed by atoms with E-state index in [2.05, 4.69) is 25.2 Å². The van der Waals surface area contributed by atoms with E-state index in [1.54, 1.807) is 11.8 Å². The van der Waals surface area contributed by atoms with Gasteiger partial charge in [-0.2, -0.15) is 0 Å². The molecule has 1 heterocycles. The Hall–Kier alpha value is -1.00. The molecule has 0 saturated heterocycles. The number of carbonyl (C=O) groups excluding carboxylic acids is 1. The van der Waals surface area contributed by atoms with Gasteiger partial charge in [0.1, 0.15) is 0 Å².